The van der Waals surface area contributed by atoms with Gasteiger partial charge in [0, 0.05) is 11.4 Å². The van der Waals surface area contributed by atoms with E-state index in [1.165, 1.54) is 6.33 Å². The van der Waals surface area contributed by atoms with Crippen molar-refractivity contribution >= 4 is 27.5 Å². The van der Waals surface area contributed by atoms with Crippen molar-refractivity contribution in [2.45, 2.75) is 19.5 Å². The minimum Gasteiger partial charge on any atom is -0.346 e. The second-order valence-electron chi connectivity index (χ2n) is 4.83. The van der Waals surface area contributed by atoms with E-state index in [1.807, 2.05) is 18.4 Å². The van der Waals surface area contributed by atoms with Crippen molar-refractivity contribution in [3.05, 3.63) is 29.5 Å². The fraction of sp³-hybridized carbons (Fsp3) is 0.231. The first-order chi connectivity index (χ1) is 9.72. The summed E-state index contributed by atoms with van der Waals surface area (Å²) in [7, 11) is 0. The molecule has 1 atom stereocenters. The fourth-order valence-corrected chi connectivity index (χ4v) is 3.18. The molecule has 0 aromatic carbocycles. The van der Waals surface area contributed by atoms with Crippen LogP contribution in [0.1, 0.15) is 17.4 Å². The van der Waals surface area contributed by atoms with Crippen molar-refractivity contribution < 1.29 is 4.79 Å². The Kier molecular flexibility index (Phi) is 2.37. The minimum atomic E-state index is -0.0851. The van der Waals surface area contributed by atoms with Gasteiger partial charge in [0.2, 0.25) is 0 Å². The molecule has 20 heavy (non-hydrogen) atoms. The van der Waals surface area contributed by atoms with Crippen molar-refractivity contribution in [2.24, 2.45) is 0 Å². The van der Waals surface area contributed by atoms with Crippen LogP contribution in [-0.4, -0.2) is 31.7 Å². The molecule has 0 spiro atoms. The smallest absolute Gasteiger partial charge is 0.269 e. The van der Waals surface area contributed by atoms with Gasteiger partial charge in [0.1, 0.15) is 28.2 Å². The van der Waals surface area contributed by atoms with E-state index in [-0.39, 0.29) is 11.9 Å². The Hall–Kier alpha value is -2.28. The lowest BCUT2D eigenvalue weighted by atomic mass is 10.2. The molecule has 7 heteroatoms. The summed E-state index contributed by atoms with van der Waals surface area (Å²) in [6, 6.07) is 3.87. The Morgan fingerprint density at radius 2 is 2.35 bits per heavy atom. The zero-order valence-electron chi connectivity index (χ0n) is 10.7. The van der Waals surface area contributed by atoms with E-state index in [9.17, 15) is 4.79 Å². The van der Waals surface area contributed by atoms with Crippen molar-refractivity contribution in [2.75, 3.05) is 0 Å². The fourth-order valence-electron chi connectivity index (χ4n) is 2.45. The summed E-state index contributed by atoms with van der Waals surface area (Å²) in [6.45, 7) is 2.64. The van der Waals surface area contributed by atoms with Gasteiger partial charge in [0.25, 0.3) is 5.91 Å². The monoisotopic (exact) mass is 285 g/mol. The molecule has 0 fully saturated rings. The molecule has 1 aliphatic rings. The molecule has 3 aromatic rings. The Labute approximate surface area is 118 Å². The summed E-state index contributed by atoms with van der Waals surface area (Å²) in [5.74, 6) is -0.0851. The highest BCUT2D eigenvalue weighted by molar-refractivity contribution is 7.16. The molecule has 0 unspecified atom stereocenters. The molecule has 0 saturated heterocycles. The first-order valence-corrected chi connectivity index (χ1v) is 7.17. The number of carbonyl (C=O) groups is 1. The molecule has 6 nitrogen and oxygen atoms in total. The van der Waals surface area contributed by atoms with Gasteiger partial charge in [-0.1, -0.05) is 0 Å². The molecule has 1 aliphatic heterocycles. The molecule has 1 N–H and O–H groups in total. The van der Waals surface area contributed by atoms with Crippen LogP contribution in [-0.2, 0) is 6.54 Å². The van der Waals surface area contributed by atoms with Crippen LogP contribution in [0.5, 0.6) is 0 Å². The molecule has 100 valence electrons. The summed E-state index contributed by atoms with van der Waals surface area (Å²) in [4.78, 5) is 21.4. The standard InChI is InChI=1S/C13H11N5OS/c1-7-5-18-10(12(19)16-7)4-9(17-18)11-8-2-3-20-13(8)15-6-14-11/h2-4,6-7H,5H2,1H3,(H,16,19)/t7-/m0/s1. The lowest BCUT2D eigenvalue weighted by molar-refractivity contribution is 0.0901. The van der Waals surface area contributed by atoms with E-state index in [0.717, 1.165) is 21.6 Å². The van der Waals surface area contributed by atoms with Crippen molar-refractivity contribution in [1.29, 1.82) is 0 Å². The number of carbonyl (C=O) groups excluding carboxylic acids is 1. The molecular formula is C13H11N5OS. The number of nitrogens with zero attached hydrogens (tertiary/aromatic N) is 4. The van der Waals surface area contributed by atoms with Gasteiger partial charge in [-0.3, -0.25) is 9.48 Å². The van der Waals surface area contributed by atoms with Gasteiger partial charge < -0.3 is 5.32 Å². The Morgan fingerprint density at radius 3 is 3.25 bits per heavy atom. The van der Waals surface area contributed by atoms with Crippen LogP contribution in [0, 0.1) is 0 Å². The number of nitrogens with one attached hydrogen (secondary N) is 1. The van der Waals surface area contributed by atoms with Crippen molar-refractivity contribution in [3.8, 4) is 11.4 Å². The summed E-state index contributed by atoms with van der Waals surface area (Å²) in [5.41, 5.74) is 2.08. The SMILES string of the molecule is C[C@H]1Cn2nc(-c3ncnc4sccc34)cc2C(=O)N1. The van der Waals surface area contributed by atoms with Crippen molar-refractivity contribution in [3.63, 3.8) is 0 Å². The lowest BCUT2D eigenvalue weighted by Crippen LogP contribution is -2.42. The van der Waals surface area contributed by atoms with Crippen LogP contribution >= 0.6 is 11.3 Å². The third-order valence-corrected chi connectivity index (χ3v) is 4.16. The van der Waals surface area contributed by atoms with Crippen LogP contribution in [0.4, 0.5) is 0 Å². The van der Waals surface area contributed by atoms with E-state index in [2.05, 4.69) is 20.4 Å². The topological polar surface area (TPSA) is 72.7 Å². The molecule has 4 rings (SSSR count). The van der Waals surface area contributed by atoms with Crippen LogP contribution < -0.4 is 5.32 Å². The zero-order valence-corrected chi connectivity index (χ0v) is 11.5. The van der Waals surface area contributed by atoms with Gasteiger partial charge in [-0.05, 0) is 24.4 Å². The molecule has 4 heterocycles. The molecule has 0 bridgehead atoms. The maximum Gasteiger partial charge on any atom is 0.269 e. The predicted octanol–water partition coefficient (Wildman–Crippen LogP) is 1.69. The molecule has 0 saturated carbocycles. The number of hydrogen-bond donors (Lipinski definition) is 1. The van der Waals surface area contributed by atoms with E-state index in [4.69, 9.17) is 0 Å². The second-order valence-corrected chi connectivity index (χ2v) is 5.73. The van der Waals surface area contributed by atoms with E-state index in [0.29, 0.717) is 12.2 Å². The number of rotatable bonds is 1. The highest BCUT2D eigenvalue weighted by atomic mass is 32.1. The Morgan fingerprint density at radius 1 is 1.45 bits per heavy atom. The minimum absolute atomic E-state index is 0.0851. The van der Waals surface area contributed by atoms with Crippen LogP contribution in [0.3, 0.4) is 0 Å². The van der Waals surface area contributed by atoms with Crippen LogP contribution in [0.2, 0.25) is 0 Å². The molecule has 0 aliphatic carbocycles. The second kappa shape index (κ2) is 4.11. The van der Waals surface area contributed by atoms with E-state index < -0.39 is 0 Å². The summed E-state index contributed by atoms with van der Waals surface area (Å²) < 4.78 is 1.75. The summed E-state index contributed by atoms with van der Waals surface area (Å²) >= 11 is 1.57. The maximum atomic E-state index is 12.0. The number of fused-ring (bicyclic) bond motifs is 2. The molecule has 1 amide bonds. The van der Waals surface area contributed by atoms with E-state index >= 15 is 0 Å². The first-order valence-electron chi connectivity index (χ1n) is 6.29. The third-order valence-electron chi connectivity index (χ3n) is 3.34. The number of aromatic nitrogens is 4. The normalized spacial score (nSPS) is 18.1. The quantitative estimate of drug-likeness (QED) is 0.738. The molecule has 3 aromatic heterocycles. The van der Waals surface area contributed by atoms with Crippen LogP contribution in [0.25, 0.3) is 21.6 Å². The summed E-state index contributed by atoms with van der Waals surface area (Å²) in [6.07, 6.45) is 1.54. The van der Waals surface area contributed by atoms with Gasteiger partial charge in [0.05, 0.1) is 6.54 Å². The average molecular weight is 285 g/mol. The third kappa shape index (κ3) is 1.63. The summed E-state index contributed by atoms with van der Waals surface area (Å²) in [5, 5.41) is 10.4. The number of hydrogen-bond acceptors (Lipinski definition) is 5. The average Bonchev–Trinajstić information content (AvgIpc) is 3.03. The van der Waals surface area contributed by atoms with Gasteiger partial charge in [-0.25, -0.2) is 9.97 Å². The zero-order chi connectivity index (χ0) is 13.7. The van der Waals surface area contributed by atoms with E-state index in [1.54, 1.807) is 22.1 Å². The number of amides is 1. The van der Waals surface area contributed by atoms with Crippen molar-refractivity contribution in [1.82, 2.24) is 25.1 Å². The Balaban J connectivity index is 1.90. The lowest BCUT2D eigenvalue weighted by Gasteiger charge is -2.20. The highest BCUT2D eigenvalue weighted by Gasteiger charge is 2.24. The molecule has 0 radical (unpaired) electrons. The number of thiophene rings is 1. The molecular weight excluding hydrogens is 274 g/mol. The van der Waals surface area contributed by atoms with Crippen LogP contribution in [0.15, 0.2) is 23.8 Å². The van der Waals surface area contributed by atoms with Gasteiger partial charge in [0.15, 0.2) is 0 Å². The highest BCUT2D eigenvalue weighted by Crippen LogP contribution is 2.28. The maximum absolute atomic E-state index is 12.0. The van der Waals surface area contributed by atoms with Gasteiger partial charge in [-0.15, -0.1) is 11.3 Å². The largest absolute Gasteiger partial charge is 0.346 e. The Bertz CT molecular complexity index is 821. The van der Waals surface area contributed by atoms with Gasteiger partial charge >= 0.3 is 0 Å². The predicted molar refractivity (Wildman–Crippen MR) is 75.6 cm³/mol. The van der Waals surface area contributed by atoms with Gasteiger partial charge in [-0.2, -0.15) is 5.10 Å². The first kappa shape index (κ1) is 11.5.